The van der Waals surface area contributed by atoms with Crippen LogP contribution in [-0.2, 0) is 0 Å². The maximum Gasteiger partial charge on any atom is 0.335 e. The lowest BCUT2D eigenvalue weighted by atomic mass is 10.1. The molecule has 18 heavy (non-hydrogen) atoms. The molecule has 0 radical (unpaired) electrons. The van der Waals surface area contributed by atoms with Crippen LogP contribution in [0.4, 0.5) is 0 Å². The Morgan fingerprint density at radius 1 is 1.00 bits per heavy atom. The summed E-state index contributed by atoms with van der Waals surface area (Å²) in [5, 5.41) is 8.96. The second-order valence-electron chi connectivity index (χ2n) is 4.15. The molecule has 1 N–H and O–H groups in total. The van der Waals surface area contributed by atoms with Crippen LogP contribution in [0.5, 0.6) is 0 Å². The van der Waals surface area contributed by atoms with Crippen LogP contribution < -0.4 is 0 Å². The fraction of sp³-hybridized carbons (Fsp3) is 0. The first-order valence-electron chi connectivity index (χ1n) is 5.64. The number of hydrogen-bond donors (Lipinski definition) is 1. The predicted octanol–water partition coefficient (Wildman–Crippen LogP) is 3.30. The van der Waals surface area contributed by atoms with E-state index in [0.717, 1.165) is 16.6 Å². The smallest absolute Gasteiger partial charge is 0.335 e. The molecule has 0 fully saturated rings. The van der Waals surface area contributed by atoms with Gasteiger partial charge in [0.25, 0.3) is 0 Å². The first-order valence-corrected chi connectivity index (χ1v) is 5.64. The summed E-state index contributed by atoms with van der Waals surface area (Å²) in [5.74, 6) is -0.903. The zero-order valence-electron chi connectivity index (χ0n) is 9.58. The van der Waals surface area contributed by atoms with Crippen LogP contribution >= 0.6 is 0 Å². The molecule has 3 rings (SSSR count). The summed E-state index contributed by atoms with van der Waals surface area (Å²) in [6.07, 6.45) is 3.77. The second-order valence-corrected chi connectivity index (χ2v) is 4.15. The van der Waals surface area contributed by atoms with E-state index in [9.17, 15) is 4.79 Å². The van der Waals surface area contributed by atoms with Gasteiger partial charge in [0.1, 0.15) is 0 Å². The first-order chi connectivity index (χ1) is 8.74. The molecule has 3 aromatic rings. The van der Waals surface area contributed by atoms with Gasteiger partial charge in [0.15, 0.2) is 0 Å². The fourth-order valence-electron chi connectivity index (χ4n) is 2.03. The van der Waals surface area contributed by atoms with Crippen LogP contribution in [-0.4, -0.2) is 15.5 Å². The molecule has 0 aliphatic carbocycles. The fourth-order valence-corrected chi connectivity index (χ4v) is 2.03. The van der Waals surface area contributed by atoms with E-state index in [1.165, 1.54) is 0 Å². The van der Waals surface area contributed by atoms with Crippen molar-refractivity contribution >= 4 is 11.5 Å². The number of benzene rings is 1. The van der Waals surface area contributed by atoms with E-state index in [1.807, 2.05) is 47.0 Å². The summed E-state index contributed by atoms with van der Waals surface area (Å²) in [6.45, 7) is 0. The molecule has 0 amide bonds. The molecular weight excluding hydrogens is 226 g/mol. The number of carboxylic acid groups (broad SMARTS) is 1. The van der Waals surface area contributed by atoms with Crippen LogP contribution in [0.15, 0.2) is 60.9 Å². The van der Waals surface area contributed by atoms with Gasteiger partial charge in [0.05, 0.1) is 5.56 Å². The Hall–Kier alpha value is -2.55. The maximum atomic E-state index is 10.9. The van der Waals surface area contributed by atoms with Gasteiger partial charge in [-0.3, -0.25) is 0 Å². The average Bonchev–Trinajstić information content (AvgIpc) is 2.82. The summed E-state index contributed by atoms with van der Waals surface area (Å²) in [7, 11) is 0. The van der Waals surface area contributed by atoms with E-state index in [1.54, 1.807) is 18.3 Å². The van der Waals surface area contributed by atoms with Crippen molar-refractivity contribution in [2.24, 2.45) is 0 Å². The minimum absolute atomic E-state index is 0.306. The minimum atomic E-state index is -0.903. The number of nitrogens with zero attached hydrogens (tertiary/aromatic N) is 1. The lowest BCUT2D eigenvalue weighted by Crippen LogP contribution is -1.96. The molecule has 3 heteroatoms. The molecular formula is C15H11NO2. The largest absolute Gasteiger partial charge is 0.478 e. The summed E-state index contributed by atoms with van der Waals surface area (Å²) in [4.78, 5) is 10.9. The van der Waals surface area contributed by atoms with Gasteiger partial charge in [0, 0.05) is 23.5 Å². The van der Waals surface area contributed by atoms with Crippen LogP contribution in [0.1, 0.15) is 10.4 Å². The lowest BCUT2D eigenvalue weighted by Gasteiger charge is -1.96. The number of aromatic carboxylic acids is 1. The molecule has 2 aromatic heterocycles. The highest BCUT2D eigenvalue weighted by molar-refractivity contribution is 5.89. The third-order valence-electron chi connectivity index (χ3n) is 2.95. The Morgan fingerprint density at radius 2 is 1.78 bits per heavy atom. The number of rotatable bonds is 2. The Bertz CT molecular complexity index is 714. The summed E-state index contributed by atoms with van der Waals surface area (Å²) < 4.78 is 1.93. The standard InChI is InChI=1S/C15H11NO2/c17-15(18)12-6-7-16-10-13(9-14(16)8-12)11-4-2-1-3-5-11/h1-10H,(H,17,18). The highest BCUT2D eigenvalue weighted by Gasteiger charge is 2.06. The zero-order valence-corrected chi connectivity index (χ0v) is 9.58. The SMILES string of the molecule is O=C(O)c1ccn2cc(-c3ccccc3)cc2c1. The molecule has 1 aromatic carbocycles. The number of carboxylic acids is 1. The van der Waals surface area contributed by atoms with E-state index in [-0.39, 0.29) is 0 Å². The first kappa shape index (κ1) is 10.6. The summed E-state index contributed by atoms with van der Waals surface area (Å²) in [6, 6.07) is 15.3. The van der Waals surface area contributed by atoms with Crippen LogP contribution in [0, 0.1) is 0 Å². The number of carbonyl (C=O) groups is 1. The van der Waals surface area contributed by atoms with Gasteiger partial charge in [-0.25, -0.2) is 4.79 Å². The highest BCUT2D eigenvalue weighted by atomic mass is 16.4. The number of pyridine rings is 1. The van der Waals surface area contributed by atoms with Crippen molar-refractivity contribution in [2.75, 3.05) is 0 Å². The van der Waals surface area contributed by atoms with Gasteiger partial charge in [-0.2, -0.15) is 0 Å². The Labute approximate surface area is 104 Å². The summed E-state index contributed by atoms with van der Waals surface area (Å²) >= 11 is 0. The highest BCUT2D eigenvalue weighted by Crippen LogP contribution is 2.22. The Kier molecular flexibility index (Phi) is 2.38. The monoisotopic (exact) mass is 237 g/mol. The van der Waals surface area contributed by atoms with Crippen molar-refractivity contribution in [2.45, 2.75) is 0 Å². The molecule has 0 saturated carbocycles. The topological polar surface area (TPSA) is 41.7 Å². The molecule has 0 atom stereocenters. The summed E-state index contributed by atoms with van der Waals surface area (Å²) in [5.41, 5.74) is 3.39. The van der Waals surface area contributed by atoms with Crippen molar-refractivity contribution in [3.05, 3.63) is 66.5 Å². The maximum absolute atomic E-state index is 10.9. The van der Waals surface area contributed by atoms with Crippen LogP contribution in [0.3, 0.4) is 0 Å². The Balaban J connectivity index is 2.14. The predicted molar refractivity (Wildman–Crippen MR) is 69.8 cm³/mol. The average molecular weight is 237 g/mol. The molecule has 0 aliphatic rings. The molecule has 0 unspecified atom stereocenters. The molecule has 88 valence electrons. The van der Waals surface area contributed by atoms with Gasteiger partial charge in [-0.05, 0) is 23.8 Å². The molecule has 0 spiro atoms. The van der Waals surface area contributed by atoms with Crippen molar-refractivity contribution < 1.29 is 9.90 Å². The van der Waals surface area contributed by atoms with Gasteiger partial charge < -0.3 is 9.51 Å². The van der Waals surface area contributed by atoms with Gasteiger partial charge in [0.2, 0.25) is 0 Å². The van der Waals surface area contributed by atoms with Crippen LogP contribution in [0.25, 0.3) is 16.6 Å². The molecule has 0 saturated heterocycles. The zero-order chi connectivity index (χ0) is 12.5. The van der Waals surface area contributed by atoms with E-state index in [4.69, 9.17) is 5.11 Å². The van der Waals surface area contributed by atoms with E-state index in [2.05, 4.69) is 0 Å². The van der Waals surface area contributed by atoms with E-state index >= 15 is 0 Å². The number of hydrogen-bond acceptors (Lipinski definition) is 1. The number of fused-ring (bicyclic) bond motifs is 1. The van der Waals surface area contributed by atoms with Crippen LogP contribution in [0.2, 0.25) is 0 Å². The quantitative estimate of drug-likeness (QED) is 0.743. The third-order valence-corrected chi connectivity index (χ3v) is 2.95. The van der Waals surface area contributed by atoms with E-state index < -0.39 is 5.97 Å². The second kappa shape index (κ2) is 4.04. The normalized spacial score (nSPS) is 10.7. The van der Waals surface area contributed by atoms with Gasteiger partial charge in [-0.1, -0.05) is 30.3 Å². The Morgan fingerprint density at radius 3 is 2.50 bits per heavy atom. The van der Waals surface area contributed by atoms with Gasteiger partial charge in [-0.15, -0.1) is 0 Å². The third kappa shape index (κ3) is 1.76. The van der Waals surface area contributed by atoms with Crippen molar-refractivity contribution in [1.29, 1.82) is 0 Å². The van der Waals surface area contributed by atoms with Crippen molar-refractivity contribution in [3.8, 4) is 11.1 Å². The van der Waals surface area contributed by atoms with Crippen molar-refractivity contribution in [1.82, 2.24) is 4.40 Å². The number of aromatic nitrogens is 1. The molecule has 0 aliphatic heterocycles. The van der Waals surface area contributed by atoms with E-state index in [0.29, 0.717) is 5.56 Å². The minimum Gasteiger partial charge on any atom is -0.478 e. The molecule has 3 nitrogen and oxygen atoms in total. The van der Waals surface area contributed by atoms with Crippen molar-refractivity contribution in [3.63, 3.8) is 0 Å². The molecule has 2 heterocycles. The lowest BCUT2D eigenvalue weighted by molar-refractivity contribution is 0.0697. The van der Waals surface area contributed by atoms with Gasteiger partial charge >= 0.3 is 5.97 Å². The molecule has 0 bridgehead atoms.